The molecule has 5 heterocycles. The van der Waals surface area contributed by atoms with Gasteiger partial charge in [-0.05, 0) is 164 Å². The molecule has 0 bridgehead atoms. The van der Waals surface area contributed by atoms with Gasteiger partial charge in [0, 0.05) is 42.0 Å². The van der Waals surface area contributed by atoms with Crippen LogP contribution in [-0.2, 0) is 5.41 Å². The topological polar surface area (TPSA) is 49.0 Å². The maximum atomic E-state index is 8.86. The molecule has 0 saturated carbocycles. The van der Waals surface area contributed by atoms with E-state index in [1.165, 1.54) is 23.8 Å². The second-order valence-electron chi connectivity index (χ2n) is 21.3. The molecule has 0 N–H and O–H groups in total. The normalized spacial score (nSPS) is 13.6. The van der Waals surface area contributed by atoms with E-state index in [1.54, 1.807) is 0 Å². The molecule has 0 spiro atoms. The van der Waals surface area contributed by atoms with Gasteiger partial charge in [0.1, 0.15) is 28.5 Å². The minimum absolute atomic E-state index is 0.0572. The fraction of sp³-hybridized carbons (Fsp3) is 0.0833. The Balaban J connectivity index is 1.00. The molecule has 0 fully saturated rings. The largest absolute Gasteiger partial charge is 0.458 e. The minimum atomic E-state index is -2.66. The molecule has 6 heteroatoms. The number of benzene rings is 10. The van der Waals surface area contributed by atoms with Crippen molar-refractivity contribution in [3.8, 4) is 84.3 Å². The number of imidazole rings is 1. The first-order valence-corrected chi connectivity index (χ1v) is 26.3. The molecule has 4 aromatic heterocycles. The zero-order valence-electron chi connectivity index (χ0n) is 49.0. The van der Waals surface area contributed by atoms with E-state index in [2.05, 4.69) is 151 Å². The number of hydrogen-bond acceptors (Lipinski definition) is 3. The highest BCUT2D eigenvalue weighted by Gasteiger charge is 2.28. The van der Waals surface area contributed by atoms with Gasteiger partial charge in [0.2, 0.25) is 0 Å². The molecule has 0 amide bonds. The Labute approximate surface area is 460 Å². The fourth-order valence-corrected chi connectivity index (χ4v) is 11.9. The van der Waals surface area contributed by atoms with E-state index in [9.17, 15) is 0 Å². The summed E-state index contributed by atoms with van der Waals surface area (Å²) in [6, 6.07) is 72.6. The number of hydrogen-bond donors (Lipinski definition) is 0. The summed E-state index contributed by atoms with van der Waals surface area (Å²) >= 11 is 0. The summed E-state index contributed by atoms with van der Waals surface area (Å²) in [5.74, 6) is 1.99. The zero-order valence-corrected chi connectivity index (χ0v) is 43.0. The lowest BCUT2D eigenvalue weighted by molar-refractivity contribution is -0.570. The highest BCUT2D eigenvalue weighted by molar-refractivity contribution is 6.10. The Morgan fingerprint density at radius 2 is 1.15 bits per heavy atom. The number of para-hydroxylation sites is 3. The smallest absolute Gasteiger partial charge is 0.269 e. The van der Waals surface area contributed by atoms with Gasteiger partial charge < -0.3 is 9.15 Å². The number of aromatic nitrogens is 4. The highest BCUT2D eigenvalue weighted by atomic mass is 16.5. The van der Waals surface area contributed by atoms with Crippen LogP contribution >= 0.6 is 0 Å². The Morgan fingerprint density at radius 1 is 0.500 bits per heavy atom. The predicted molar refractivity (Wildman–Crippen MR) is 318 cm³/mol. The van der Waals surface area contributed by atoms with Crippen molar-refractivity contribution < 1.29 is 21.9 Å². The number of pyridine rings is 1. The van der Waals surface area contributed by atoms with Gasteiger partial charge in [0.05, 0.1) is 33.4 Å². The van der Waals surface area contributed by atoms with Gasteiger partial charge in [0.15, 0.2) is 0 Å². The first kappa shape index (κ1) is 39.6. The third-order valence-electron chi connectivity index (χ3n) is 15.6. The van der Waals surface area contributed by atoms with Crippen molar-refractivity contribution in [2.45, 2.75) is 39.9 Å². The van der Waals surface area contributed by atoms with Crippen LogP contribution in [0, 0.1) is 20.0 Å². The van der Waals surface area contributed by atoms with E-state index in [-0.39, 0.29) is 22.1 Å². The van der Waals surface area contributed by atoms with Crippen LogP contribution in [-0.4, -0.2) is 14.1 Å². The molecule has 14 aromatic rings. The van der Waals surface area contributed by atoms with Crippen molar-refractivity contribution in [3.05, 3.63) is 248 Å². The lowest BCUT2D eigenvalue weighted by Crippen LogP contribution is -2.32. The van der Waals surface area contributed by atoms with Gasteiger partial charge >= 0.3 is 0 Å². The number of fused-ring (bicyclic) bond motifs is 13. The fourth-order valence-electron chi connectivity index (χ4n) is 11.9. The van der Waals surface area contributed by atoms with Crippen molar-refractivity contribution in [3.63, 3.8) is 0 Å². The maximum Gasteiger partial charge on any atom is 0.269 e. The molecule has 10 aromatic carbocycles. The molecule has 0 saturated heterocycles. The minimum Gasteiger partial charge on any atom is -0.458 e. The van der Waals surface area contributed by atoms with E-state index in [4.69, 9.17) is 22.4 Å². The molecule has 6 nitrogen and oxygen atoms in total. The van der Waals surface area contributed by atoms with Crippen LogP contribution in [0.1, 0.15) is 45.7 Å². The number of aryl methyl sites for hydroxylation is 2. The van der Waals surface area contributed by atoms with Crippen LogP contribution in [0.4, 0.5) is 0 Å². The number of nitrogens with zero attached hydrogens (tertiary/aromatic N) is 4. The lowest BCUT2D eigenvalue weighted by atomic mass is 9.87. The Kier molecular flexibility index (Phi) is 8.83. The Hall–Kier alpha value is -9.78. The molecule has 0 unspecified atom stereocenters. The van der Waals surface area contributed by atoms with Gasteiger partial charge in [0.25, 0.3) is 6.33 Å². The van der Waals surface area contributed by atoms with E-state index in [0.29, 0.717) is 28.3 Å². The first-order chi connectivity index (χ1) is 40.5. The number of rotatable bonds is 6. The van der Waals surface area contributed by atoms with Crippen LogP contribution < -0.4 is 9.30 Å². The maximum absolute atomic E-state index is 8.86. The molecule has 78 heavy (non-hydrogen) atoms. The van der Waals surface area contributed by atoms with Crippen molar-refractivity contribution in [1.29, 1.82) is 0 Å². The zero-order chi connectivity index (χ0) is 57.4. The van der Waals surface area contributed by atoms with Gasteiger partial charge in [-0.1, -0.05) is 160 Å². The second-order valence-corrected chi connectivity index (χ2v) is 21.3. The summed E-state index contributed by atoms with van der Waals surface area (Å²) in [6.45, 7) is 1.29. The van der Waals surface area contributed by atoms with E-state index < -0.39 is 13.7 Å². The van der Waals surface area contributed by atoms with Crippen LogP contribution in [0.25, 0.3) is 128 Å². The standard InChI is InChI=1S/C72H52N4O2/c1-44-17-14-18-45(2)69(44)47-38-62-56-24-9-7-22-54(56)53-21-6-8-23-55(53)60-28-16-27-52(46-31-34-67-61(37-46)59-26-11-13-30-66(59)78-67)70(60)75-43-74(65(39-47)71(62)75)49-19-15-20-50(41-49)77-51-32-33-58-57-25-10-12-29-63(57)76(64(58)42-51)68-40-48(35-36-73-68)72(3,4)5/h6-42H,1-5H3/i1D3,2D3. The van der Waals surface area contributed by atoms with Crippen LogP contribution in [0.3, 0.4) is 0 Å². The average molecular weight is 1010 g/mol. The molecule has 1 aliphatic heterocycles. The Bertz CT molecular complexity index is 5000. The van der Waals surface area contributed by atoms with E-state index >= 15 is 0 Å². The molecule has 1 aliphatic rings. The van der Waals surface area contributed by atoms with Crippen LogP contribution in [0.2, 0.25) is 0 Å². The molecular formula is C72H52N4O2. The molecule has 0 radical (unpaired) electrons. The summed E-state index contributed by atoms with van der Waals surface area (Å²) in [6.07, 6.45) is 5.78. The summed E-state index contributed by atoms with van der Waals surface area (Å²) in [7, 11) is 0. The SMILES string of the molecule is [2H]C([2H])([2H])c1cccc(C([2H])([2H])[2H])c1-c1cc2c3c(c1)n(-c1cccc(Oc4ccc5c6ccccc6n(-c6cc(C(C)(C)C)ccn6)c5c4)c1)[c-][n+]3-c1c(-c3ccc4oc5ccccc5c4c3)cccc1-c1ccccc1-c1ccccc1-2. The summed E-state index contributed by atoms with van der Waals surface area (Å²) in [5.41, 5.74) is 15.4. The quantitative estimate of drug-likeness (QED) is 0.123. The van der Waals surface area contributed by atoms with Gasteiger partial charge in [-0.2, -0.15) is 0 Å². The molecule has 0 aliphatic carbocycles. The highest BCUT2D eigenvalue weighted by Crippen LogP contribution is 2.47. The van der Waals surface area contributed by atoms with E-state index in [1.807, 2.05) is 95.7 Å². The third kappa shape index (κ3) is 7.17. The monoisotopic (exact) mass is 1010 g/mol. The van der Waals surface area contributed by atoms with Crippen LogP contribution in [0.5, 0.6) is 11.5 Å². The van der Waals surface area contributed by atoms with Crippen LogP contribution in [0.15, 0.2) is 229 Å². The molecule has 15 rings (SSSR count). The molecule has 372 valence electrons. The Morgan fingerprint density at radius 3 is 1.95 bits per heavy atom. The predicted octanol–water partition coefficient (Wildman–Crippen LogP) is 18.5. The number of ether oxygens (including phenoxy) is 1. The third-order valence-corrected chi connectivity index (χ3v) is 15.6. The summed E-state index contributed by atoms with van der Waals surface area (Å²) < 4.78 is 72.8. The lowest BCUT2D eigenvalue weighted by Gasteiger charge is -2.20. The van der Waals surface area contributed by atoms with Crippen molar-refractivity contribution >= 4 is 54.8 Å². The first-order valence-electron chi connectivity index (χ1n) is 29.3. The van der Waals surface area contributed by atoms with Gasteiger partial charge in [-0.3, -0.25) is 13.7 Å². The summed E-state index contributed by atoms with van der Waals surface area (Å²) in [5, 5.41) is 4.16. The second kappa shape index (κ2) is 17.4. The van der Waals surface area contributed by atoms with Crippen molar-refractivity contribution in [2.24, 2.45) is 0 Å². The van der Waals surface area contributed by atoms with E-state index in [0.717, 1.165) is 105 Å². The summed E-state index contributed by atoms with van der Waals surface area (Å²) in [4.78, 5) is 4.91. The molecule has 0 atom stereocenters. The average Bonchev–Trinajstić information content (AvgIpc) is 3.59. The van der Waals surface area contributed by atoms with Crippen molar-refractivity contribution in [1.82, 2.24) is 14.1 Å². The van der Waals surface area contributed by atoms with Crippen molar-refractivity contribution in [2.75, 3.05) is 0 Å². The van der Waals surface area contributed by atoms with Gasteiger partial charge in [-0.15, -0.1) is 0 Å². The van der Waals surface area contributed by atoms with Gasteiger partial charge in [-0.25, -0.2) is 4.98 Å². The molecular weight excluding hydrogens is 953 g/mol. The number of furan rings is 1.